The first-order valence-corrected chi connectivity index (χ1v) is 23.7. The van der Waals surface area contributed by atoms with E-state index in [-0.39, 0.29) is 23.1 Å². The first-order chi connectivity index (χ1) is 29.8. The van der Waals surface area contributed by atoms with E-state index in [9.17, 15) is 14.7 Å². The highest BCUT2D eigenvalue weighted by atomic mass is 16.5. The van der Waals surface area contributed by atoms with Gasteiger partial charge in [-0.05, 0) is 130 Å². The Labute approximate surface area is 362 Å². The first kappa shape index (κ1) is 41.4. The molecule has 6 atom stereocenters. The number of rotatable bonds is 13. The van der Waals surface area contributed by atoms with Crippen LogP contribution in [0, 0.1) is 11.8 Å². The minimum absolute atomic E-state index is 0.00699. The normalized spacial score (nSPS) is 32.1. The molecule has 2 unspecified atom stereocenters. The standard InChI is InChI=1S/C51H66N4O6/c56-48(57)38-13-9-35(10-14-38)32-55-24-20-51(21-25-55)31-42(34-60-51)53-47-29-45(47)40-7-4-8-43(27-40)61-49(58)39-15-11-36(12-16-39)33-54-22-18-50(19-23-54)30-41(17-26-59-50)52-46-28-44(46)37-5-2-1-3-6-37/h1-8,11-12,15-16,27,35,38,41-42,44-47,52-53H,9-10,13-14,17-26,28-34H2,(H,56,57)/t35?,38?,41?,42?,44-,45-,46+,47+/m0/s1. The van der Waals surface area contributed by atoms with E-state index < -0.39 is 5.97 Å². The molecule has 4 aliphatic heterocycles. The van der Waals surface area contributed by atoms with Gasteiger partial charge in [-0.3, -0.25) is 9.69 Å². The summed E-state index contributed by atoms with van der Waals surface area (Å²) in [5.41, 5.74) is 4.44. The van der Waals surface area contributed by atoms with Gasteiger partial charge in [0.05, 0.1) is 29.3 Å². The fraction of sp³-hybridized carbons (Fsp3) is 0.608. The summed E-state index contributed by atoms with van der Waals surface area (Å²) in [6.07, 6.45) is 13.6. The van der Waals surface area contributed by atoms with Gasteiger partial charge in [0.15, 0.2) is 0 Å². The molecule has 326 valence electrons. The number of benzene rings is 3. The maximum absolute atomic E-state index is 13.3. The van der Waals surface area contributed by atoms with E-state index in [0.29, 0.717) is 53.2 Å². The van der Waals surface area contributed by atoms with Crippen molar-refractivity contribution >= 4 is 11.9 Å². The number of carboxylic acids is 1. The van der Waals surface area contributed by atoms with Crippen LogP contribution in [0.4, 0.5) is 0 Å². The topological polar surface area (TPSA) is 113 Å². The number of carbonyl (C=O) groups is 2. The molecule has 4 saturated heterocycles. The number of esters is 1. The fourth-order valence-corrected chi connectivity index (χ4v) is 11.8. The van der Waals surface area contributed by atoms with Gasteiger partial charge in [0.2, 0.25) is 0 Å². The van der Waals surface area contributed by atoms with Crippen LogP contribution in [-0.4, -0.2) is 108 Å². The molecule has 3 aliphatic carbocycles. The highest BCUT2D eigenvalue weighted by Crippen LogP contribution is 2.45. The third-order valence-electron chi connectivity index (χ3n) is 15.7. The van der Waals surface area contributed by atoms with Crippen molar-refractivity contribution in [3.8, 4) is 5.75 Å². The molecule has 4 heterocycles. The summed E-state index contributed by atoms with van der Waals surface area (Å²) < 4.78 is 18.9. The molecule has 10 nitrogen and oxygen atoms in total. The summed E-state index contributed by atoms with van der Waals surface area (Å²) in [6.45, 7) is 7.77. The van der Waals surface area contributed by atoms with Gasteiger partial charge in [0.1, 0.15) is 5.75 Å². The number of carboxylic acid groups (broad SMARTS) is 1. The molecule has 0 bridgehead atoms. The summed E-state index contributed by atoms with van der Waals surface area (Å²) in [6, 6.07) is 28.9. The van der Waals surface area contributed by atoms with Crippen molar-refractivity contribution in [2.75, 3.05) is 45.9 Å². The lowest BCUT2D eigenvalue weighted by molar-refractivity contribution is -0.143. The summed E-state index contributed by atoms with van der Waals surface area (Å²) in [5.74, 6) is 1.21. The molecule has 2 spiro atoms. The molecule has 10 heteroatoms. The van der Waals surface area contributed by atoms with E-state index >= 15 is 0 Å². The molecule has 7 aliphatic rings. The molecule has 0 radical (unpaired) electrons. The Kier molecular flexibility index (Phi) is 12.1. The number of carbonyl (C=O) groups excluding carboxylic acids is 1. The van der Waals surface area contributed by atoms with Crippen LogP contribution < -0.4 is 15.4 Å². The Balaban J connectivity index is 0.636. The number of ether oxygens (including phenoxy) is 3. The lowest BCUT2D eigenvalue weighted by atomic mass is 9.81. The molecule has 10 rings (SSSR count). The van der Waals surface area contributed by atoms with E-state index in [1.165, 1.54) is 23.1 Å². The van der Waals surface area contributed by atoms with Crippen LogP contribution in [0.5, 0.6) is 5.75 Å². The van der Waals surface area contributed by atoms with Crippen LogP contribution in [0.2, 0.25) is 0 Å². The second-order valence-electron chi connectivity index (χ2n) is 20.0. The average molecular weight is 831 g/mol. The van der Waals surface area contributed by atoms with Crippen LogP contribution >= 0.6 is 0 Å². The van der Waals surface area contributed by atoms with Gasteiger partial charge in [-0.1, -0.05) is 54.6 Å². The Bertz CT molecular complexity index is 1970. The number of nitrogens with one attached hydrogen (secondary N) is 2. The van der Waals surface area contributed by atoms with Crippen molar-refractivity contribution in [1.82, 2.24) is 20.4 Å². The molecular weight excluding hydrogens is 765 g/mol. The van der Waals surface area contributed by atoms with Gasteiger partial charge in [-0.25, -0.2) is 4.79 Å². The van der Waals surface area contributed by atoms with Crippen molar-refractivity contribution in [2.45, 2.75) is 137 Å². The second kappa shape index (κ2) is 17.9. The first-order valence-electron chi connectivity index (χ1n) is 23.7. The number of nitrogens with zero attached hydrogens (tertiary/aromatic N) is 2. The summed E-state index contributed by atoms with van der Waals surface area (Å²) in [7, 11) is 0. The Morgan fingerprint density at radius 1 is 0.705 bits per heavy atom. The number of hydrogen-bond acceptors (Lipinski definition) is 9. The highest BCUT2D eigenvalue weighted by Gasteiger charge is 2.47. The summed E-state index contributed by atoms with van der Waals surface area (Å²) in [4.78, 5) is 29.7. The number of hydrogen-bond donors (Lipinski definition) is 3. The van der Waals surface area contributed by atoms with Crippen LogP contribution in [-0.2, 0) is 20.8 Å². The van der Waals surface area contributed by atoms with Crippen molar-refractivity contribution in [2.24, 2.45) is 11.8 Å². The van der Waals surface area contributed by atoms with E-state index in [4.69, 9.17) is 14.2 Å². The highest BCUT2D eigenvalue weighted by molar-refractivity contribution is 5.91. The molecule has 7 fully saturated rings. The minimum atomic E-state index is -0.621. The van der Waals surface area contributed by atoms with E-state index in [1.807, 2.05) is 30.3 Å². The van der Waals surface area contributed by atoms with Crippen molar-refractivity contribution in [1.29, 1.82) is 0 Å². The van der Waals surface area contributed by atoms with Gasteiger partial charge in [0, 0.05) is 81.9 Å². The second-order valence-corrected chi connectivity index (χ2v) is 20.0. The Morgan fingerprint density at radius 3 is 2.07 bits per heavy atom. The molecule has 0 amide bonds. The van der Waals surface area contributed by atoms with Gasteiger partial charge in [-0.15, -0.1) is 0 Å². The number of piperidine rings is 2. The number of likely N-dealkylation sites (tertiary alicyclic amines) is 2. The summed E-state index contributed by atoms with van der Waals surface area (Å²) in [5, 5.41) is 17.2. The molecule has 3 N–H and O–H groups in total. The Morgan fingerprint density at radius 2 is 1.34 bits per heavy atom. The van der Waals surface area contributed by atoms with Gasteiger partial charge >= 0.3 is 11.9 Å². The van der Waals surface area contributed by atoms with E-state index in [2.05, 4.69) is 69.0 Å². The van der Waals surface area contributed by atoms with Crippen molar-refractivity contribution < 1.29 is 28.9 Å². The fourth-order valence-electron chi connectivity index (χ4n) is 11.8. The molecule has 0 aromatic heterocycles. The van der Waals surface area contributed by atoms with Gasteiger partial charge < -0.3 is 34.9 Å². The van der Waals surface area contributed by atoms with E-state index in [0.717, 1.165) is 130 Å². The minimum Gasteiger partial charge on any atom is -0.481 e. The molecule has 3 aromatic carbocycles. The van der Waals surface area contributed by atoms with Crippen molar-refractivity contribution in [3.63, 3.8) is 0 Å². The van der Waals surface area contributed by atoms with Crippen LogP contribution in [0.15, 0.2) is 78.9 Å². The third kappa shape index (κ3) is 9.95. The van der Waals surface area contributed by atoms with Crippen LogP contribution in [0.3, 0.4) is 0 Å². The zero-order chi connectivity index (χ0) is 41.4. The van der Waals surface area contributed by atoms with Crippen molar-refractivity contribution in [3.05, 3.63) is 101 Å². The predicted octanol–water partition coefficient (Wildman–Crippen LogP) is 7.53. The zero-order valence-electron chi connectivity index (χ0n) is 35.9. The van der Waals surface area contributed by atoms with Gasteiger partial charge in [0.25, 0.3) is 0 Å². The molecule has 3 saturated carbocycles. The molecular formula is C51H66N4O6. The monoisotopic (exact) mass is 830 g/mol. The molecule has 3 aromatic rings. The third-order valence-corrected chi connectivity index (χ3v) is 15.7. The largest absolute Gasteiger partial charge is 0.481 e. The lowest BCUT2D eigenvalue weighted by Gasteiger charge is -2.46. The van der Waals surface area contributed by atoms with Crippen LogP contribution in [0.1, 0.15) is 122 Å². The smallest absolute Gasteiger partial charge is 0.343 e. The van der Waals surface area contributed by atoms with Gasteiger partial charge in [-0.2, -0.15) is 0 Å². The average Bonchev–Trinajstić information content (AvgIpc) is 4.20. The quantitative estimate of drug-likeness (QED) is 0.118. The lowest BCUT2D eigenvalue weighted by Crippen LogP contribution is -2.53. The molecule has 61 heavy (non-hydrogen) atoms. The van der Waals surface area contributed by atoms with E-state index in [1.54, 1.807) is 0 Å². The maximum Gasteiger partial charge on any atom is 0.343 e. The predicted molar refractivity (Wildman–Crippen MR) is 235 cm³/mol. The van der Waals surface area contributed by atoms with Crippen LogP contribution in [0.25, 0.3) is 0 Å². The summed E-state index contributed by atoms with van der Waals surface area (Å²) >= 11 is 0. The number of aliphatic carboxylic acids is 1. The Hall–Kier alpha value is -3.64. The SMILES string of the molecule is O=C(Oc1cccc([C@@H]2C[C@H]2NC2COC3(CCN(CC4CCC(C(=O)O)CC4)CC3)C2)c1)c1ccc(CN2CCC3(CC2)CC(N[C@@H]2C[C@H]2c2ccccc2)CCO3)cc1. The maximum atomic E-state index is 13.3. The zero-order valence-corrected chi connectivity index (χ0v) is 35.9.